The molecule has 1 saturated carbocycles. The summed E-state index contributed by atoms with van der Waals surface area (Å²) < 4.78 is 5.96. The molecular weight excluding hydrogens is 212 g/mol. The zero-order valence-electron chi connectivity index (χ0n) is 10.7. The largest absolute Gasteiger partial charge is 0.445 e. The van der Waals surface area contributed by atoms with Crippen molar-refractivity contribution in [3.8, 4) is 0 Å². The van der Waals surface area contributed by atoms with Gasteiger partial charge in [0.15, 0.2) is 5.89 Å². The Labute approximate surface area is 103 Å². The molecule has 0 aromatic carbocycles. The fraction of sp³-hybridized carbons (Fsp3) is 0.786. The Kier molecular flexibility index (Phi) is 2.95. The molecule has 1 aromatic heterocycles. The summed E-state index contributed by atoms with van der Waals surface area (Å²) in [6.45, 7) is 4.59. The predicted molar refractivity (Wildman–Crippen MR) is 67.0 cm³/mol. The molecule has 3 nitrogen and oxygen atoms in total. The molecule has 0 atom stereocenters. The maximum atomic E-state index is 5.96. The third-order valence-electron chi connectivity index (χ3n) is 4.53. The van der Waals surface area contributed by atoms with E-state index in [1.165, 1.54) is 32.1 Å². The molecule has 0 bridgehead atoms. The van der Waals surface area contributed by atoms with E-state index in [4.69, 9.17) is 4.42 Å². The maximum Gasteiger partial charge on any atom is 0.194 e. The Hall–Kier alpha value is -0.830. The van der Waals surface area contributed by atoms with Crippen LogP contribution in [0.25, 0.3) is 0 Å². The van der Waals surface area contributed by atoms with Crippen molar-refractivity contribution in [1.82, 2.24) is 10.3 Å². The van der Waals surface area contributed by atoms with Crippen LogP contribution < -0.4 is 5.32 Å². The third-order valence-corrected chi connectivity index (χ3v) is 4.53. The number of hydrogen-bond acceptors (Lipinski definition) is 3. The van der Waals surface area contributed by atoms with E-state index in [1.807, 2.05) is 6.20 Å². The van der Waals surface area contributed by atoms with Crippen molar-refractivity contribution in [3.05, 3.63) is 17.8 Å². The molecule has 1 N–H and O–H groups in total. The molecule has 3 rings (SSSR count). The number of nitrogens with one attached hydrogen (secondary N) is 1. The van der Waals surface area contributed by atoms with Gasteiger partial charge in [0.05, 0.1) is 6.20 Å². The lowest BCUT2D eigenvalue weighted by atomic mass is 9.69. The van der Waals surface area contributed by atoms with Crippen molar-refractivity contribution in [2.75, 3.05) is 13.1 Å². The normalized spacial score (nSPS) is 24.5. The van der Waals surface area contributed by atoms with Crippen molar-refractivity contribution < 1.29 is 4.42 Å². The highest BCUT2D eigenvalue weighted by molar-refractivity contribution is 5.14. The molecule has 0 unspecified atom stereocenters. The van der Waals surface area contributed by atoms with Gasteiger partial charge < -0.3 is 9.73 Å². The van der Waals surface area contributed by atoms with Crippen LogP contribution in [0.4, 0.5) is 0 Å². The molecule has 2 aliphatic rings. The van der Waals surface area contributed by atoms with Gasteiger partial charge in [-0.2, -0.15) is 0 Å². The van der Waals surface area contributed by atoms with E-state index in [1.54, 1.807) is 0 Å². The van der Waals surface area contributed by atoms with E-state index in [9.17, 15) is 0 Å². The van der Waals surface area contributed by atoms with Gasteiger partial charge in [0.1, 0.15) is 5.76 Å². The second-order valence-corrected chi connectivity index (χ2v) is 5.93. The fourth-order valence-corrected chi connectivity index (χ4v) is 2.97. The van der Waals surface area contributed by atoms with Crippen LogP contribution in [0, 0.1) is 5.92 Å². The molecule has 1 aromatic rings. The lowest BCUT2D eigenvalue weighted by molar-refractivity contribution is 0.215. The monoisotopic (exact) mass is 234 g/mol. The summed E-state index contributed by atoms with van der Waals surface area (Å²) in [5.74, 6) is 2.84. The van der Waals surface area contributed by atoms with Gasteiger partial charge in [-0.3, -0.25) is 0 Å². The standard InChI is InChI=1S/C14H22N2O/c1-14(5-2-6-14)12-10-16-13(17-12)9-11-3-7-15-8-4-11/h10-11,15H,2-9H2,1H3. The Morgan fingerprint density at radius 3 is 2.82 bits per heavy atom. The molecule has 3 heteroatoms. The number of hydrogen-bond donors (Lipinski definition) is 1. The third kappa shape index (κ3) is 2.25. The summed E-state index contributed by atoms with van der Waals surface area (Å²) in [6, 6.07) is 0. The van der Waals surface area contributed by atoms with Crippen molar-refractivity contribution in [1.29, 1.82) is 0 Å². The minimum absolute atomic E-state index is 0.291. The van der Waals surface area contributed by atoms with Gasteiger partial charge >= 0.3 is 0 Å². The molecule has 1 aliphatic heterocycles. The van der Waals surface area contributed by atoms with E-state index >= 15 is 0 Å². The van der Waals surface area contributed by atoms with Crippen LogP contribution in [0.5, 0.6) is 0 Å². The smallest absolute Gasteiger partial charge is 0.194 e. The molecular formula is C14H22N2O. The molecule has 2 fully saturated rings. The lowest BCUT2D eigenvalue weighted by Gasteiger charge is -2.35. The molecule has 1 aliphatic carbocycles. The van der Waals surface area contributed by atoms with E-state index in [2.05, 4.69) is 17.2 Å². The van der Waals surface area contributed by atoms with Crippen LogP contribution in [0.2, 0.25) is 0 Å². The first-order chi connectivity index (χ1) is 8.26. The molecule has 17 heavy (non-hydrogen) atoms. The topological polar surface area (TPSA) is 38.1 Å². The highest BCUT2D eigenvalue weighted by atomic mass is 16.4. The molecule has 2 heterocycles. The summed E-state index contributed by atoms with van der Waals surface area (Å²) in [6.07, 6.45) is 9.36. The minimum atomic E-state index is 0.291. The van der Waals surface area contributed by atoms with Crippen molar-refractivity contribution >= 4 is 0 Å². The minimum Gasteiger partial charge on any atom is -0.445 e. The van der Waals surface area contributed by atoms with E-state index < -0.39 is 0 Å². The quantitative estimate of drug-likeness (QED) is 0.873. The number of aromatic nitrogens is 1. The Morgan fingerprint density at radius 2 is 2.18 bits per heavy atom. The van der Waals surface area contributed by atoms with E-state index in [0.29, 0.717) is 5.41 Å². The van der Waals surface area contributed by atoms with E-state index in [-0.39, 0.29) is 0 Å². The second-order valence-electron chi connectivity index (χ2n) is 5.93. The van der Waals surface area contributed by atoms with Crippen LogP contribution in [-0.4, -0.2) is 18.1 Å². The Balaban J connectivity index is 1.63. The average Bonchev–Trinajstić information content (AvgIpc) is 2.76. The predicted octanol–water partition coefficient (Wildman–Crippen LogP) is 2.66. The summed E-state index contributed by atoms with van der Waals surface area (Å²) in [5.41, 5.74) is 0.291. The lowest BCUT2D eigenvalue weighted by Crippen LogP contribution is -2.29. The first-order valence-electron chi connectivity index (χ1n) is 6.92. The number of rotatable bonds is 3. The van der Waals surface area contributed by atoms with Crippen molar-refractivity contribution in [3.63, 3.8) is 0 Å². The molecule has 94 valence electrons. The fourth-order valence-electron chi connectivity index (χ4n) is 2.97. The summed E-state index contributed by atoms with van der Waals surface area (Å²) in [4.78, 5) is 4.47. The van der Waals surface area contributed by atoms with Crippen LogP contribution in [0.1, 0.15) is 50.7 Å². The molecule has 1 saturated heterocycles. The highest BCUT2D eigenvalue weighted by Crippen LogP contribution is 2.43. The number of oxazole rings is 1. The second kappa shape index (κ2) is 4.45. The summed E-state index contributed by atoms with van der Waals surface area (Å²) in [5, 5.41) is 3.40. The first-order valence-corrected chi connectivity index (χ1v) is 6.92. The first kappa shape index (κ1) is 11.3. The zero-order valence-corrected chi connectivity index (χ0v) is 10.7. The molecule has 0 spiro atoms. The summed E-state index contributed by atoms with van der Waals surface area (Å²) in [7, 11) is 0. The van der Waals surface area contributed by atoms with Gasteiger partial charge in [0.25, 0.3) is 0 Å². The van der Waals surface area contributed by atoms with Crippen LogP contribution in [-0.2, 0) is 11.8 Å². The number of nitrogens with zero attached hydrogens (tertiary/aromatic N) is 1. The highest BCUT2D eigenvalue weighted by Gasteiger charge is 2.37. The van der Waals surface area contributed by atoms with Gasteiger partial charge in [-0.15, -0.1) is 0 Å². The SMILES string of the molecule is CC1(c2cnc(CC3CCNCC3)o2)CCC1. The zero-order chi connectivity index (χ0) is 11.7. The van der Waals surface area contributed by atoms with Crippen molar-refractivity contribution in [2.45, 2.75) is 50.9 Å². The Morgan fingerprint density at radius 1 is 1.41 bits per heavy atom. The van der Waals surface area contributed by atoms with E-state index in [0.717, 1.165) is 37.1 Å². The molecule has 0 amide bonds. The molecule has 0 radical (unpaired) electrons. The van der Waals surface area contributed by atoms with Gasteiger partial charge in [0, 0.05) is 11.8 Å². The Bertz CT molecular complexity index is 375. The summed E-state index contributed by atoms with van der Waals surface area (Å²) >= 11 is 0. The van der Waals surface area contributed by atoms with Crippen molar-refractivity contribution in [2.24, 2.45) is 5.92 Å². The maximum absolute atomic E-state index is 5.96. The number of piperidine rings is 1. The van der Waals surface area contributed by atoms with Crippen LogP contribution in [0.3, 0.4) is 0 Å². The van der Waals surface area contributed by atoms with Gasteiger partial charge in [-0.1, -0.05) is 13.3 Å². The van der Waals surface area contributed by atoms with Gasteiger partial charge in [-0.05, 0) is 44.7 Å². The average molecular weight is 234 g/mol. The van der Waals surface area contributed by atoms with Gasteiger partial charge in [0.2, 0.25) is 0 Å². The van der Waals surface area contributed by atoms with Crippen LogP contribution in [0.15, 0.2) is 10.6 Å². The van der Waals surface area contributed by atoms with Crippen LogP contribution >= 0.6 is 0 Å². The van der Waals surface area contributed by atoms with Gasteiger partial charge in [-0.25, -0.2) is 4.98 Å².